The summed E-state index contributed by atoms with van der Waals surface area (Å²) in [5, 5.41) is 3.43. The zero-order valence-electron chi connectivity index (χ0n) is 11.8. The molecule has 3 heteroatoms. The molecule has 1 atom stereocenters. The SMILES string of the molecule is CNC(CN1CCOC(C)(C)C1)C(C)(C)C. The number of nitrogens with one attached hydrogen (secondary N) is 1. The third kappa shape index (κ3) is 4.04. The maximum Gasteiger partial charge on any atom is 0.0753 e. The van der Waals surface area contributed by atoms with Crippen LogP contribution in [0.2, 0.25) is 0 Å². The molecule has 0 amide bonds. The van der Waals surface area contributed by atoms with Gasteiger partial charge < -0.3 is 10.1 Å². The first-order valence-electron chi connectivity index (χ1n) is 6.28. The fourth-order valence-electron chi connectivity index (χ4n) is 2.33. The number of ether oxygens (including phenoxy) is 1. The topological polar surface area (TPSA) is 24.5 Å². The lowest BCUT2D eigenvalue weighted by Crippen LogP contribution is -2.54. The van der Waals surface area contributed by atoms with E-state index in [9.17, 15) is 0 Å². The maximum absolute atomic E-state index is 5.73. The molecule has 0 aliphatic carbocycles. The number of hydrogen-bond donors (Lipinski definition) is 1. The van der Waals surface area contributed by atoms with Crippen molar-refractivity contribution in [1.29, 1.82) is 0 Å². The molecule has 1 heterocycles. The highest BCUT2D eigenvalue weighted by molar-refractivity contribution is 4.86. The van der Waals surface area contributed by atoms with E-state index in [2.05, 4.69) is 51.9 Å². The zero-order chi connectivity index (χ0) is 12.4. The largest absolute Gasteiger partial charge is 0.373 e. The highest BCUT2D eigenvalue weighted by Crippen LogP contribution is 2.22. The van der Waals surface area contributed by atoms with E-state index in [1.807, 2.05) is 0 Å². The van der Waals surface area contributed by atoms with Gasteiger partial charge in [0.1, 0.15) is 0 Å². The lowest BCUT2D eigenvalue weighted by atomic mass is 9.86. The van der Waals surface area contributed by atoms with E-state index in [1.165, 1.54) is 0 Å². The Balaban J connectivity index is 2.52. The van der Waals surface area contributed by atoms with Gasteiger partial charge in [0.2, 0.25) is 0 Å². The van der Waals surface area contributed by atoms with Crippen molar-refractivity contribution in [3.05, 3.63) is 0 Å². The molecule has 1 rings (SSSR count). The molecule has 1 aliphatic rings. The van der Waals surface area contributed by atoms with Crippen LogP contribution in [0.25, 0.3) is 0 Å². The standard InChI is InChI=1S/C13H28N2O/c1-12(2,3)11(14-6)9-15-7-8-16-13(4,5)10-15/h11,14H,7-10H2,1-6H3. The van der Waals surface area contributed by atoms with Gasteiger partial charge in [0.05, 0.1) is 12.2 Å². The van der Waals surface area contributed by atoms with Gasteiger partial charge in [-0.3, -0.25) is 4.90 Å². The molecule has 0 spiro atoms. The van der Waals surface area contributed by atoms with Gasteiger partial charge in [0.15, 0.2) is 0 Å². The molecular formula is C13H28N2O. The summed E-state index contributed by atoms with van der Waals surface area (Å²) in [5.74, 6) is 0. The highest BCUT2D eigenvalue weighted by atomic mass is 16.5. The molecule has 1 N–H and O–H groups in total. The van der Waals surface area contributed by atoms with Gasteiger partial charge in [-0.1, -0.05) is 20.8 Å². The van der Waals surface area contributed by atoms with Crippen molar-refractivity contribution in [2.75, 3.05) is 33.3 Å². The average molecular weight is 228 g/mol. The van der Waals surface area contributed by atoms with Crippen LogP contribution in [0.1, 0.15) is 34.6 Å². The summed E-state index contributed by atoms with van der Waals surface area (Å²) in [6.45, 7) is 15.3. The Labute approximate surface area is 101 Å². The maximum atomic E-state index is 5.73. The molecule has 1 fully saturated rings. The van der Waals surface area contributed by atoms with Crippen LogP contribution in [0.5, 0.6) is 0 Å². The second-order valence-corrected chi connectivity index (χ2v) is 6.55. The molecule has 1 unspecified atom stereocenters. The van der Waals surface area contributed by atoms with E-state index in [0.717, 1.165) is 26.2 Å². The molecule has 0 aromatic carbocycles. The molecule has 1 saturated heterocycles. The summed E-state index contributed by atoms with van der Waals surface area (Å²) in [4.78, 5) is 2.51. The molecule has 1 aliphatic heterocycles. The van der Waals surface area contributed by atoms with Gasteiger partial charge >= 0.3 is 0 Å². The lowest BCUT2D eigenvalue weighted by Gasteiger charge is -2.42. The third-order valence-electron chi connectivity index (χ3n) is 3.34. The second-order valence-electron chi connectivity index (χ2n) is 6.55. The van der Waals surface area contributed by atoms with E-state index in [4.69, 9.17) is 4.74 Å². The molecule has 0 radical (unpaired) electrons. The van der Waals surface area contributed by atoms with E-state index in [1.54, 1.807) is 0 Å². The normalized spacial score (nSPS) is 24.4. The molecular weight excluding hydrogens is 200 g/mol. The molecule has 0 bridgehead atoms. The minimum absolute atomic E-state index is 0.00836. The van der Waals surface area contributed by atoms with E-state index < -0.39 is 0 Å². The lowest BCUT2D eigenvalue weighted by molar-refractivity contribution is -0.0896. The number of nitrogens with zero attached hydrogens (tertiary/aromatic N) is 1. The highest BCUT2D eigenvalue weighted by Gasteiger charge is 2.31. The van der Waals surface area contributed by atoms with Crippen molar-refractivity contribution in [1.82, 2.24) is 10.2 Å². The Morgan fingerprint density at radius 2 is 2.00 bits per heavy atom. The van der Waals surface area contributed by atoms with Crippen molar-refractivity contribution in [3.8, 4) is 0 Å². The monoisotopic (exact) mass is 228 g/mol. The predicted molar refractivity (Wildman–Crippen MR) is 68.8 cm³/mol. The summed E-state index contributed by atoms with van der Waals surface area (Å²) in [7, 11) is 2.06. The van der Waals surface area contributed by atoms with Crippen LogP contribution in [0.4, 0.5) is 0 Å². The zero-order valence-corrected chi connectivity index (χ0v) is 11.8. The van der Waals surface area contributed by atoms with Gasteiger partial charge in [-0.05, 0) is 26.3 Å². The smallest absolute Gasteiger partial charge is 0.0753 e. The third-order valence-corrected chi connectivity index (χ3v) is 3.34. The van der Waals surface area contributed by atoms with E-state index in [0.29, 0.717) is 11.5 Å². The molecule has 3 nitrogen and oxygen atoms in total. The summed E-state index contributed by atoms with van der Waals surface area (Å²) < 4.78 is 5.73. The van der Waals surface area contributed by atoms with E-state index >= 15 is 0 Å². The molecule has 96 valence electrons. The average Bonchev–Trinajstić information content (AvgIpc) is 2.10. The summed E-state index contributed by atoms with van der Waals surface area (Å²) >= 11 is 0. The van der Waals surface area contributed by atoms with Crippen LogP contribution in [-0.2, 0) is 4.74 Å². The minimum Gasteiger partial charge on any atom is -0.373 e. The summed E-state index contributed by atoms with van der Waals surface area (Å²) in [6.07, 6.45) is 0. The van der Waals surface area contributed by atoms with Crippen molar-refractivity contribution in [2.24, 2.45) is 5.41 Å². The van der Waals surface area contributed by atoms with Gasteiger partial charge in [0.25, 0.3) is 0 Å². The van der Waals surface area contributed by atoms with Crippen LogP contribution in [0.15, 0.2) is 0 Å². The summed E-state index contributed by atoms with van der Waals surface area (Å²) in [6, 6.07) is 0.529. The Hall–Kier alpha value is -0.120. The second kappa shape index (κ2) is 5.03. The van der Waals surface area contributed by atoms with Gasteiger partial charge in [-0.15, -0.1) is 0 Å². The van der Waals surface area contributed by atoms with Gasteiger partial charge in [0, 0.05) is 25.7 Å². The Morgan fingerprint density at radius 3 is 2.44 bits per heavy atom. The summed E-state index contributed by atoms with van der Waals surface area (Å²) in [5.41, 5.74) is 0.311. The number of hydrogen-bond acceptors (Lipinski definition) is 3. The van der Waals surface area contributed by atoms with Crippen LogP contribution in [0.3, 0.4) is 0 Å². The van der Waals surface area contributed by atoms with Crippen molar-refractivity contribution in [3.63, 3.8) is 0 Å². The van der Waals surface area contributed by atoms with Gasteiger partial charge in [-0.2, -0.15) is 0 Å². The fraction of sp³-hybridized carbons (Fsp3) is 1.00. The Kier molecular flexibility index (Phi) is 4.38. The number of likely N-dealkylation sites (N-methyl/N-ethyl adjacent to an activating group) is 1. The number of morpholine rings is 1. The molecule has 0 saturated carbocycles. The van der Waals surface area contributed by atoms with Crippen molar-refractivity contribution >= 4 is 0 Å². The van der Waals surface area contributed by atoms with Crippen molar-refractivity contribution in [2.45, 2.75) is 46.3 Å². The first kappa shape index (κ1) is 13.9. The molecule has 16 heavy (non-hydrogen) atoms. The minimum atomic E-state index is 0.00836. The van der Waals surface area contributed by atoms with Crippen molar-refractivity contribution < 1.29 is 4.74 Å². The Bertz CT molecular complexity index is 220. The first-order valence-corrected chi connectivity index (χ1v) is 6.28. The molecule has 0 aromatic rings. The van der Waals surface area contributed by atoms with Crippen LogP contribution < -0.4 is 5.32 Å². The Morgan fingerprint density at radius 1 is 1.38 bits per heavy atom. The van der Waals surface area contributed by atoms with Crippen LogP contribution in [0, 0.1) is 5.41 Å². The molecule has 0 aromatic heterocycles. The van der Waals surface area contributed by atoms with Crippen LogP contribution in [-0.4, -0.2) is 49.8 Å². The quantitative estimate of drug-likeness (QED) is 0.796. The fourth-order valence-corrected chi connectivity index (χ4v) is 2.33. The van der Waals surface area contributed by atoms with Crippen LogP contribution >= 0.6 is 0 Å². The predicted octanol–water partition coefficient (Wildman–Crippen LogP) is 1.73. The number of rotatable bonds is 3. The first-order chi connectivity index (χ1) is 7.24. The van der Waals surface area contributed by atoms with E-state index in [-0.39, 0.29) is 5.60 Å². The van der Waals surface area contributed by atoms with Gasteiger partial charge in [-0.25, -0.2) is 0 Å².